The molecule has 2 heteroatoms. The molecule has 82 valence electrons. The molecule has 1 atom stereocenters. The van der Waals surface area contributed by atoms with Crippen LogP contribution in [0, 0.1) is 18.7 Å². The van der Waals surface area contributed by atoms with Crippen LogP contribution in [0.2, 0.25) is 0 Å². The van der Waals surface area contributed by atoms with Crippen LogP contribution in [0.15, 0.2) is 18.2 Å². The summed E-state index contributed by atoms with van der Waals surface area (Å²) in [6.45, 7) is 1.98. The molecule has 0 bridgehead atoms. The Morgan fingerprint density at radius 1 is 1.47 bits per heavy atom. The van der Waals surface area contributed by atoms with Gasteiger partial charge in [0, 0.05) is 0 Å². The van der Waals surface area contributed by atoms with Crippen molar-refractivity contribution in [3.63, 3.8) is 0 Å². The fraction of sp³-hybridized carbons (Fsp3) is 0.538. The monoisotopic (exact) mass is 208 g/mol. The first-order chi connectivity index (χ1) is 7.16. The van der Waals surface area contributed by atoms with E-state index in [1.165, 1.54) is 6.07 Å². The van der Waals surface area contributed by atoms with Crippen molar-refractivity contribution in [2.45, 2.75) is 38.7 Å². The van der Waals surface area contributed by atoms with E-state index in [1.54, 1.807) is 12.1 Å². The zero-order chi connectivity index (χ0) is 10.8. The fourth-order valence-corrected chi connectivity index (χ4v) is 1.93. The van der Waals surface area contributed by atoms with Gasteiger partial charge >= 0.3 is 0 Å². The predicted octanol–water partition coefficient (Wildman–Crippen LogP) is 2.84. The number of benzene rings is 1. The normalized spacial score (nSPS) is 17.8. The Morgan fingerprint density at radius 3 is 2.87 bits per heavy atom. The van der Waals surface area contributed by atoms with E-state index < -0.39 is 0 Å². The summed E-state index contributed by atoms with van der Waals surface area (Å²) in [6.07, 6.45) is 3.66. The zero-order valence-corrected chi connectivity index (χ0v) is 9.04. The Kier molecular flexibility index (Phi) is 3.06. The van der Waals surface area contributed by atoms with E-state index in [4.69, 9.17) is 0 Å². The number of halogens is 1. The van der Waals surface area contributed by atoms with Gasteiger partial charge in [-0.1, -0.05) is 6.07 Å². The molecular weight excluding hydrogens is 191 g/mol. The van der Waals surface area contributed by atoms with Crippen LogP contribution in [-0.4, -0.2) is 11.2 Å². The molecule has 0 aromatic heterocycles. The Morgan fingerprint density at radius 2 is 2.20 bits per heavy atom. The third-order valence-electron chi connectivity index (χ3n) is 3.19. The molecule has 1 aromatic rings. The molecule has 2 rings (SSSR count). The largest absolute Gasteiger partial charge is 0.393 e. The highest BCUT2D eigenvalue weighted by Gasteiger charge is 2.29. The van der Waals surface area contributed by atoms with Crippen molar-refractivity contribution in [2.24, 2.45) is 5.92 Å². The fourth-order valence-electron chi connectivity index (χ4n) is 1.93. The Bertz CT molecular complexity index is 344. The van der Waals surface area contributed by atoms with Gasteiger partial charge in [-0.05, 0) is 61.8 Å². The molecule has 1 saturated carbocycles. The number of aliphatic hydroxyl groups excluding tert-OH is 1. The molecule has 0 amide bonds. The molecule has 1 aliphatic rings. The van der Waals surface area contributed by atoms with Crippen molar-refractivity contribution in [2.75, 3.05) is 0 Å². The lowest BCUT2D eigenvalue weighted by molar-refractivity contribution is 0.142. The topological polar surface area (TPSA) is 20.2 Å². The number of aryl methyl sites for hydroxylation is 2. The van der Waals surface area contributed by atoms with Crippen molar-refractivity contribution in [1.29, 1.82) is 0 Å². The zero-order valence-electron chi connectivity index (χ0n) is 9.04. The SMILES string of the molecule is Cc1ccc(F)cc1CCC(O)C1CC1. The standard InChI is InChI=1S/C13H17FO/c1-9-2-6-12(14)8-11(9)5-7-13(15)10-3-4-10/h2,6,8,10,13,15H,3-5,7H2,1H3. The summed E-state index contributed by atoms with van der Waals surface area (Å²) in [5.41, 5.74) is 2.13. The minimum atomic E-state index is -0.187. The van der Waals surface area contributed by atoms with Crippen molar-refractivity contribution in [3.8, 4) is 0 Å². The Labute approximate surface area is 89.9 Å². The average molecular weight is 208 g/mol. The second kappa shape index (κ2) is 4.31. The molecule has 1 aliphatic carbocycles. The third kappa shape index (κ3) is 2.78. The molecule has 0 saturated heterocycles. The van der Waals surface area contributed by atoms with Crippen molar-refractivity contribution < 1.29 is 9.50 Å². The van der Waals surface area contributed by atoms with Gasteiger partial charge in [-0.2, -0.15) is 0 Å². The van der Waals surface area contributed by atoms with E-state index in [1.807, 2.05) is 6.92 Å². The van der Waals surface area contributed by atoms with Crippen LogP contribution in [0.4, 0.5) is 4.39 Å². The molecule has 1 unspecified atom stereocenters. The van der Waals surface area contributed by atoms with Gasteiger partial charge in [0.25, 0.3) is 0 Å². The van der Waals surface area contributed by atoms with E-state index in [2.05, 4.69) is 0 Å². The van der Waals surface area contributed by atoms with Crippen LogP contribution >= 0.6 is 0 Å². The number of aliphatic hydroxyl groups is 1. The molecule has 1 fully saturated rings. The van der Waals surface area contributed by atoms with Crippen LogP contribution in [0.5, 0.6) is 0 Å². The summed E-state index contributed by atoms with van der Waals surface area (Å²) in [7, 11) is 0. The van der Waals surface area contributed by atoms with Gasteiger partial charge in [-0.25, -0.2) is 4.39 Å². The van der Waals surface area contributed by atoms with Gasteiger partial charge in [-0.3, -0.25) is 0 Å². The highest BCUT2D eigenvalue weighted by Crippen LogP contribution is 2.34. The van der Waals surface area contributed by atoms with Crippen LogP contribution in [0.3, 0.4) is 0 Å². The van der Waals surface area contributed by atoms with Gasteiger partial charge in [0.2, 0.25) is 0 Å². The summed E-state index contributed by atoms with van der Waals surface area (Å²) in [5, 5.41) is 9.72. The first-order valence-electron chi connectivity index (χ1n) is 5.60. The van der Waals surface area contributed by atoms with Gasteiger partial charge in [0.05, 0.1) is 6.10 Å². The number of hydrogen-bond acceptors (Lipinski definition) is 1. The maximum Gasteiger partial charge on any atom is 0.123 e. The van der Waals surface area contributed by atoms with E-state index in [0.29, 0.717) is 5.92 Å². The summed E-state index contributed by atoms with van der Waals surface area (Å²) < 4.78 is 13.0. The minimum Gasteiger partial charge on any atom is -0.393 e. The molecule has 1 aromatic carbocycles. The minimum absolute atomic E-state index is 0.184. The van der Waals surface area contributed by atoms with Gasteiger partial charge in [0.15, 0.2) is 0 Å². The molecule has 0 spiro atoms. The van der Waals surface area contributed by atoms with Crippen LogP contribution in [0.25, 0.3) is 0 Å². The lowest BCUT2D eigenvalue weighted by Gasteiger charge is -2.10. The molecule has 0 radical (unpaired) electrons. The van der Waals surface area contributed by atoms with E-state index in [9.17, 15) is 9.50 Å². The van der Waals surface area contributed by atoms with Gasteiger partial charge in [-0.15, -0.1) is 0 Å². The molecule has 0 heterocycles. The lowest BCUT2D eigenvalue weighted by Crippen LogP contribution is -2.10. The second-order valence-electron chi connectivity index (χ2n) is 4.51. The summed E-state index contributed by atoms with van der Waals surface area (Å²) in [5.74, 6) is 0.329. The summed E-state index contributed by atoms with van der Waals surface area (Å²) in [6, 6.07) is 4.86. The van der Waals surface area contributed by atoms with Crippen LogP contribution in [0.1, 0.15) is 30.4 Å². The van der Waals surface area contributed by atoms with E-state index in [0.717, 1.165) is 36.8 Å². The second-order valence-corrected chi connectivity index (χ2v) is 4.51. The highest BCUT2D eigenvalue weighted by molar-refractivity contribution is 5.26. The van der Waals surface area contributed by atoms with Gasteiger partial charge < -0.3 is 5.11 Å². The summed E-state index contributed by atoms with van der Waals surface area (Å²) in [4.78, 5) is 0. The number of hydrogen-bond donors (Lipinski definition) is 1. The Hall–Kier alpha value is -0.890. The molecule has 1 nitrogen and oxygen atoms in total. The summed E-state index contributed by atoms with van der Waals surface area (Å²) >= 11 is 0. The van der Waals surface area contributed by atoms with Crippen molar-refractivity contribution in [3.05, 3.63) is 35.1 Å². The first kappa shape index (κ1) is 10.6. The molecule has 0 aliphatic heterocycles. The maximum atomic E-state index is 13.0. The molecule has 15 heavy (non-hydrogen) atoms. The van der Waals surface area contributed by atoms with Crippen molar-refractivity contribution >= 4 is 0 Å². The van der Waals surface area contributed by atoms with E-state index >= 15 is 0 Å². The molecule has 1 N–H and O–H groups in total. The number of rotatable bonds is 4. The smallest absolute Gasteiger partial charge is 0.123 e. The van der Waals surface area contributed by atoms with E-state index in [-0.39, 0.29) is 11.9 Å². The highest BCUT2D eigenvalue weighted by atomic mass is 19.1. The maximum absolute atomic E-state index is 13.0. The van der Waals surface area contributed by atoms with Gasteiger partial charge in [0.1, 0.15) is 5.82 Å². The lowest BCUT2D eigenvalue weighted by atomic mass is 10.0. The van der Waals surface area contributed by atoms with Crippen molar-refractivity contribution in [1.82, 2.24) is 0 Å². The Balaban J connectivity index is 1.94. The third-order valence-corrected chi connectivity index (χ3v) is 3.19. The van der Waals surface area contributed by atoms with Crippen LogP contribution < -0.4 is 0 Å². The first-order valence-corrected chi connectivity index (χ1v) is 5.60. The predicted molar refractivity (Wildman–Crippen MR) is 58.2 cm³/mol. The average Bonchev–Trinajstić information content (AvgIpc) is 3.02. The molecular formula is C13H17FO. The quantitative estimate of drug-likeness (QED) is 0.806. The van der Waals surface area contributed by atoms with Crippen LogP contribution in [-0.2, 0) is 6.42 Å².